The topological polar surface area (TPSA) is 145 Å². The average molecular weight is 887 g/mol. The van der Waals surface area contributed by atoms with Crippen LogP contribution in [0, 0.1) is 62.1 Å². The van der Waals surface area contributed by atoms with E-state index < -0.39 is 52.0 Å². The number of nitriles is 1. The lowest BCUT2D eigenvalue weighted by Crippen LogP contribution is -2.70. The van der Waals surface area contributed by atoms with Crippen LogP contribution in [0.5, 0.6) is 5.75 Å². The van der Waals surface area contributed by atoms with Gasteiger partial charge in [0.15, 0.2) is 17.3 Å². The second kappa shape index (κ2) is 14.8. The smallest absolute Gasteiger partial charge is 0.249 e. The summed E-state index contributed by atoms with van der Waals surface area (Å²) in [6, 6.07) is 12.0. The molecule has 0 N–H and O–H groups in total. The van der Waals surface area contributed by atoms with Crippen molar-refractivity contribution in [3.8, 4) is 22.9 Å². The third-order valence-electron chi connectivity index (χ3n) is 14.2. The summed E-state index contributed by atoms with van der Waals surface area (Å²) in [5.74, 6) is -3.18. The van der Waals surface area contributed by atoms with Crippen LogP contribution in [-0.2, 0) is 16.3 Å². The SMILES string of the molecule is N#Cc1cnc(N(Cn2cc(-c3ccc(OCC45CC(C(=O)N6N=CCC6c6cc(F)cc(F)c6)(C4)C5)c(F)c3)cn2)CC23CC(C(=O)N4N=CCC4c4cc(F)cc(F)c4)(C2)C3)cn1. The molecule has 2 atom stereocenters. The van der Waals surface area contributed by atoms with E-state index in [0.717, 1.165) is 12.1 Å². The summed E-state index contributed by atoms with van der Waals surface area (Å²) in [5, 5.41) is 25.2. The first kappa shape index (κ1) is 40.7. The molecule has 18 heteroatoms. The summed E-state index contributed by atoms with van der Waals surface area (Å²) in [6.07, 6.45) is 13.6. The van der Waals surface area contributed by atoms with Gasteiger partial charge in [-0.2, -0.15) is 20.6 Å². The predicted octanol–water partition coefficient (Wildman–Crippen LogP) is 8.01. The summed E-state index contributed by atoms with van der Waals surface area (Å²) in [5.41, 5.74) is 0.334. The molecule has 4 bridgehead atoms. The van der Waals surface area contributed by atoms with Crippen molar-refractivity contribution in [1.82, 2.24) is 29.8 Å². The quantitative estimate of drug-likeness (QED) is 0.108. The monoisotopic (exact) mass is 886 g/mol. The molecule has 2 amide bonds. The van der Waals surface area contributed by atoms with Crippen molar-refractivity contribution in [2.45, 2.75) is 70.1 Å². The number of ether oxygens (including phenoxy) is 1. The zero-order valence-electron chi connectivity index (χ0n) is 34.7. The zero-order chi connectivity index (χ0) is 44.9. The molecule has 5 aromatic rings. The van der Waals surface area contributed by atoms with Crippen LogP contribution in [0.3, 0.4) is 0 Å². The molecule has 0 radical (unpaired) electrons. The first-order chi connectivity index (χ1) is 31.2. The highest BCUT2D eigenvalue weighted by atomic mass is 19.1. The van der Waals surface area contributed by atoms with Crippen molar-refractivity contribution in [2.24, 2.45) is 31.9 Å². The van der Waals surface area contributed by atoms with Gasteiger partial charge in [-0.05, 0) is 97.0 Å². The highest BCUT2D eigenvalue weighted by Gasteiger charge is 2.74. The molecular weight excluding hydrogens is 848 g/mol. The van der Waals surface area contributed by atoms with E-state index in [9.17, 15) is 32.4 Å². The number of rotatable bonds is 13. The Morgan fingerprint density at radius 1 is 0.723 bits per heavy atom. The third kappa shape index (κ3) is 6.90. The Hall–Kier alpha value is -7.03. The maximum Gasteiger partial charge on any atom is 0.249 e. The summed E-state index contributed by atoms with van der Waals surface area (Å²) in [4.78, 5) is 38.2. The number of benzene rings is 3. The van der Waals surface area contributed by atoms with Crippen LogP contribution >= 0.6 is 0 Å². The maximum absolute atomic E-state index is 15.6. The van der Waals surface area contributed by atoms with Gasteiger partial charge in [0.1, 0.15) is 41.8 Å². The number of hydrogen-bond donors (Lipinski definition) is 0. The standard InChI is InChI=1S/C47H39F5N10O3/c48-32-7-29(8-33(49)12-32)38-3-5-56-61(38)42(63)46-19-44(20-46,21-46)25-59(41-17-54-36(14-53)16-55-41)27-60-18-31(15-58-60)28-1-2-40(37(52)11-28)65-26-45-22-47(23-45,24-45)43(64)62-39(4-6-57-62)30-9-34(50)13-35(51)10-30/h1-2,5-13,15-18,38-39H,3-4,19-27H2. The fourth-order valence-corrected chi connectivity index (χ4v) is 11.5. The van der Waals surface area contributed by atoms with Crippen LogP contribution in [-0.4, -0.2) is 67.2 Å². The highest BCUT2D eigenvalue weighted by molar-refractivity contribution is 5.89. The minimum atomic E-state index is -0.715. The van der Waals surface area contributed by atoms with E-state index in [1.807, 2.05) is 11.0 Å². The van der Waals surface area contributed by atoms with E-state index >= 15 is 4.39 Å². The fraction of sp³-hybridized carbons (Fsp3) is 0.362. The van der Waals surface area contributed by atoms with Crippen LogP contribution in [0.15, 0.2) is 89.6 Å². The van der Waals surface area contributed by atoms with Gasteiger partial charge < -0.3 is 9.64 Å². The van der Waals surface area contributed by atoms with E-state index in [1.54, 1.807) is 41.6 Å². The molecule has 4 heterocycles. The molecule has 6 saturated carbocycles. The second-order valence-corrected chi connectivity index (χ2v) is 18.8. The average Bonchev–Trinajstić information content (AvgIpc) is 4.02. The predicted molar refractivity (Wildman–Crippen MR) is 223 cm³/mol. The molecule has 0 spiro atoms. The molecule has 6 fully saturated rings. The summed E-state index contributed by atoms with van der Waals surface area (Å²) >= 11 is 0. The van der Waals surface area contributed by atoms with Crippen molar-refractivity contribution >= 4 is 30.1 Å². The number of anilines is 1. The van der Waals surface area contributed by atoms with Crippen LogP contribution < -0.4 is 9.64 Å². The Balaban J connectivity index is 0.717. The minimum absolute atomic E-state index is 0.0823. The van der Waals surface area contributed by atoms with Crippen molar-refractivity contribution in [2.75, 3.05) is 18.1 Å². The minimum Gasteiger partial charge on any atom is -0.490 e. The highest BCUT2D eigenvalue weighted by Crippen LogP contribution is 2.75. The number of carbonyl (C=O) groups is 2. The Kier molecular flexibility index (Phi) is 9.25. The van der Waals surface area contributed by atoms with Gasteiger partial charge in [-0.1, -0.05) is 6.07 Å². The normalized spacial score (nSPS) is 27.6. The van der Waals surface area contributed by atoms with E-state index in [1.165, 1.54) is 52.7 Å². The van der Waals surface area contributed by atoms with Gasteiger partial charge in [0.2, 0.25) is 11.8 Å². The van der Waals surface area contributed by atoms with Crippen LogP contribution in [0.1, 0.15) is 80.3 Å². The fourth-order valence-electron chi connectivity index (χ4n) is 11.5. The Labute approximate surface area is 368 Å². The van der Waals surface area contributed by atoms with Gasteiger partial charge in [0.25, 0.3) is 0 Å². The van der Waals surface area contributed by atoms with Crippen molar-refractivity contribution < 1.29 is 36.3 Å². The molecule has 2 aromatic heterocycles. The summed E-state index contributed by atoms with van der Waals surface area (Å²) < 4.78 is 79.3. The first-order valence-corrected chi connectivity index (χ1v) is 21.3. The number of aromatic nitrogens is 4. The van der Waals surface area contributed by atoms with E-state index in [-0.39, 0.29) is 47.4 Å². The number of hydrogen-bond acceptors (Lipinski definition) is 10. The number of halogens is 5. The van der Waals surface area contributed by atoms with E-state index in [4.69, 9.17) is 4.74 Å². The van der Waals surface area contributed by atoms with E-state index in [0.29, 0.717) is 86.0 Å². The number of nitrogens with zero attached hydrogens (tertiary/aromatic N) is 10. The van der Waals surface area contributed by atoms with Crippen LogP contribution in [0.4, 0.5) is 27.8 Å². The van der Waals surface area contributed by atoms with Crippen molar-refractivity contribution in [1.29, 1.82) is 5.26 Å². The largest absolute Gasteiger partial charge is 0.490 e. The molecule has 2 unspecified atom stereocenters. The summed E-state index contributed by atoms with van der Waals surface area (Å²) in [7, 11) is 0. The molecule has 2 aliphatic heterocycles. The molecule has 65 heavy (non-hydrogen) atoms. The van der Waals surface area contributed by atoms with Gasteiger partial charge in [0, 0.05) is 61.1 Å². The van der Waals surface area contributed by atoms with Crippen LogP contribution in [0.25, 0.3) is 11.1 Å². The maximum atomic E-state index is 15.6. The van der Waals surface area contributed by atoms with Crippen molar-refractivity contribution in [3.63, 3.8) is 0 Å². The Morgan fingerprint density at radius 2 is 1.29 bits per heavy atom. The number of carbonyl (C=O) groups excluding carboxylic acids is 2. The third-order valence-corrected chi connectivity index (χ3v) is 14.2. The van der Waals surface area contributed by atoms with Gasteiger partial charge in [-0.25, -0.2) is 41.9 Å². The molecule has 330 valence electrons. The van der Waals surface area contributed by atoms with E-state index in [2.05, 4.69) is 25.3 Å². The zero-order valence-corrected chi connectivity index (χ0v) is 34.7. The molecule has 13 rings (SSSR count). The Bertz CT molecular complexity index is 2820. The molecule has 8 aliphatic rings. The van der Waals surface area contributed by atoms with Gasteiger partial charge in [0.05, 0.1) is 48.1 Å². The lowest BCUT2D eigenvalue weighted by Gasteiger charge is -2.70. The molecule has 13 nitrogen and oxygen atoms in total. The van der Waals surface area contributed by atoms with Crippen LogP contribution in [0.2, 0.25) is 0 Å². The molecule has 3 aromatic carbocycles. The molecular formula is C47H39F5N10O3. The number of hydrazone groups is 2. The van der Waals surface area contributed by atoms with Gasteiger partial charge in [-0.15, -0.1) is 0 Å². The first-order valence-electron chi connectivity index (χ1n) is 21.3. The molecule has 6 aliphatic carbocycles. The summed E-state index contributed by atoms with van der Waals surface area (Å²) in [6.45, 7) is 0.961. The van der Waals surface area contributed by atoms with Gasteiger partial charge >= 0.3 is 0 Å². The lowest BCUT2D eigenvalue weighted by atomic mass is 9.34. The second-order valence-electron chi connectivity index (χ2n) is 18.8. The van der Waals surface area contributed by atoms with Gasteiger partial charge in [-0.3, -0.25) is 14.3 Å². The lowest BCUT2D eigenvalue weighted by molar-refractivity contribution is -0.227. The number of amides is 2. The Morgan fingerprint density at radius 3 is 1.82 bits per heavy atom. The molecule has 0 saturated heterocycles. The van der Waals surface area contributed by atoms with Crippen molar-refractivity contribution in [3.05, 3.63) is 125 Å².